The largest absolute Gasteiger partial charge is 0.480 e. The van der Waals surface area contributed by atoms with E-state index >= 15 is 0 Å². The molecule has 1 rings (SSSR count). The Bertz CT molecular complexity index is 216. The Balaban J connectivity index is 2.36. The van der Waals surface area contributed by atoms with Crippen LogP contribution in [0.1, 0.15) is 40.0 Å². The van der Waals surface area contributed by atoms with Gasteiger partial charge < -0.3 is 4.74 Å². The molecule has 13 heavy (non-hydrogen) atoms. The van der Waals surface area contributed by atoms with Crippen LogP contribution in [0.2, 0.25) is 0 Å². The minimum absolute atomic E-state index is 0.583. The summed E-state index contributed by atoms with van der Waals surface area (Å²) in [6.07, 6.45) is 5.17. The zero-order chi connectivity index (χ0) is 9.68. The molecule has 0 saturated carbocycles. The molecule has 1 aliphatic rings. The van der Waals surface area contributed by atoms with Crippen LogP contribution < -0.4 is 0 Å². The molecule has 1 heterocycles. The maximum absolute atomic E-state index is 5.54. The summed E-state index contributed by atoms with van der Waals surface area (Å²) in [7, 11) is 0. The standard InChI is InChI=1S/C11H19NO/c1-4-10-5-6-11(12-7-10)13-8-9(2)3/h7,9H,4-6,8H2,1-3H3. The van der Waals surface area contributed by atoms with Gasteiger partial charge >= 0.3 is 0 Å². The minimum atomic E-state index is 0.583. The highest BCUT2D eigenvalue weighted by molar-refractivity contribution is 5.77. The van der Waals surface area contributed by atoms with Gasteiger partial charge in [0.1, 0.15) is 0 Å². The third kappa shape index (κ3) is 3.62. The molecule has 0 aromatic rings. The van der Waals surface area contributed by atoms with E-state index in [0.29, 0.717) is 5.92 Å². The maximum Gasteiger partial charge on any atom is 0.188 e. The molecule has 0 bridgehead atoms. The lowest BCUT2D eigenvalue weighted by molar-refractivity contribution is 0.251. The molecular weight excluding hydrogens is 162 g/mol. The quantitative estimate of drug-likeness (QED) is 0.655. The van der Waals surface area contributed by atoms with Crippen molar-refractivity contribution in [3.8, 4) is 0 Å². The summed E-state index contributed by atoms with van der Waals surface area (Å²) in [5.41, 5.74) is 1.43. The van der Waals surface area contributed by atoms with Crippen molar-refractivity contribution in [2.24, 2.45) is 10.9 Å². The number of hydrogen-bond donors (Lipinski definition) is 0. The molecule has 0 aromatic carbocycles. The first-order valence-corrected chi connectivity index (χ1v) is 5.09. The first kappa shape index (κ1) is 10.3. The van der Waals surface area contributed by atoms with Gasteiger partial charge in [0, 0.05) is 12.6 Å². The van der Waals surface area contributed by atoms with Crippen LogP contribution in [0.25, 0.3) is 0 Å². The summed E-state index contributed by atoms with van der Waals surface area (Å²) in [6, 6.07) is 0. The third-order valence-corrected chi connectivity index (χ3v) is 2.09. The van der Waals surface area contributed by atoms with E-state index in [0.717, 1.165) is 31.8 Å². The maximum atomic E-state index is 5.54. The Kier molecular flexibility index (Phi) is 4.00. The summed E-state index contributed by atoms with van der Waals surface area (Å²) in [6.45, 7) is 7.25. The van der Waals surface area contributed by atoms with Crippen molar-refractivity contribution in [1.29, 1.82) is 0 Å². The highest BCUT2D eigenvalue weighted by Crippen LogP contribution is 2.16. The molecule has 74 valence electrons. The summed E-state index contributed by atoms with van der Waals surface area (Å²) >= 11 is 0. The molecule has 0 amide bonds. The van der Waals surface area contributed by atoms with E-state index in [1.165, 1.54) is 5.57 Å². The van der Waals surface area contributed by atoms with Crippen LogP contribution in [-0.4, -0.2) is 12.5 Å². The van der Waals surface area contributed by atoms with Crippen molar-refractivity contribution in [3.05, 3.63) is 11.8 Å². The number of rotatable bonds is 3. The van der Waals surface area contributed by atoms with Gasteiger partial charge in [0.05, 0.1) is 6.61 Å². The van der Waals surface area contributed by atoms with E-state index < -0.39 is 0 Å². The van der Waals surface area contributed by atoms with Crippen LogP contribution in [0.15, 0.2) is 16.8 Å². The van der Waals surface area contributed by atoms with Crippen LogP contribution in [0.5, 0.6) is 0 Å². The molecule has 0 radical (unpaired) electrons. The van der Waals surface area contributed by atoms with E-state index in [2.05, 4.69) is 25.8 Å². The van der Waals surface area contributed by atoms with Crippen molar-refractivity contribution < 1.29 is 4.74 Å². The smallest absolute Gasteiger partial charge is 0.188 e. The first-order chi connectivity index (χ1) is 6.22. The fraction of sp³-hybridized carbons (Fsp3) is 0.727. The predicted molar refractivity (Wildman–Crippen MR) is 55.8 cm³/mol. The molecule has 2 nitrogen and oxygen atoms in total. The van der Waals surface area contributed by atoms with Gasteiger partial charge in [-0.3, -0.25) is 0 Å². The van der Waals surface area contributed by atoms with E-state index in [1.54, 1.807) is 0 Å². The fourth-order valence-corrected chi connectivity index (χ4v) is 1.20. The van der Waals surface area contributed by atoms with Crippen molar-refractivity contribution in [1.82, 2.24) is 0 Å². The normalized spacial score (nSPS) is 16.9. The van der Waals surface area contributed by atoms with E-state index in [9.17, 15) is 0 Å². The van der Waals surface area contributed by atoms with Crippen molar-refractivity contribution in [2.75, 3.05) is 6.61 Å². The van der Waals surface area contributed by atoms with Crippen LogP contribution in [-0.2, 0) is 4.74 Å². The van der Waals surface area contributed by atoms with Crippen LogP contribution in [0, 0.1) is 5.92 Å². The molecular formula is C11H19NO. The van der Waals surface area contributed by atoms with Gasteiger partial charge in [0.15, 0.2) is 5.90 Å². The monoisotopic (exact) mass is 181 g/mol. The Morgan fingerprint density at radius 2 is 2.23 bits per heavy atom. The second-order valence-electron chi connectivity index (χ2n) is 3.87. The topological polar surface area (TPSA) is 21.6 Å². The number of nitrogens with zero attached hydrogens (tertiary/aromatic N) is 1. The van der Waals surface area contributed by atoms with E-state index in [4.69, 9.17) is 4.74 Å². The van der Waals surface area contributed by atoms with Crippen molar-refractivity contribution in [3.63, 3.8) is 0 Å². The Morgan fingerprint density at radius 3 is 2.69 bits per heavy atom. The zero-order valence-corrected chi connectivity index (χ0v) is 8.84. The van der Waals surface area contributed by atoms with Crippen molar-refractivity contribution >= 4 is 5.90 Å². The second-order valence-corrected chi connectivity index (χ2v) is 3.87. The zero-order valence-electron chi connectivity index (χ0n) is 8.84. The first-order valence-electron chi connectivity index (χ1n) is 5.09. The number of aliphatic imine (C=N–C) groups is 1. The number of ether oxygens (including phenoxy) is 1. The van der Waals surface area contributed by atoms with Gasteiger partial charge in [0.2, 0.25) is 0 Å². The summed E-state index contributed by atoms with van der Waals surface area (Å²) < 4.78 is 5.54. The van der Waals surface area contributed by atoms with Crippen LogP contribution in [0.3, 0.4) is 0 Å². The average molecular weight is 181 g/mol. The molecule has 0 N–H and O–H groups in total. The summed E-state index contributed by atoms with van der Waals surface area (Å²) in [4.78, 5) is 4.29. The van der Waals surface area contributed by atoms with Gasteiger partial charge in [-0.05, 0) is 18.8 Å². The molecule has 0 unspecified atom stereocenters. The lowest BCUT2D eigenvalue weighted by atomic mass is 10.1. The highest BCUT2D eigenvalue weighted by Gasteiger charge is 2.07. The van der Waals surface area contributed by atoms with E-state index in [-0.39, 0.29) is 0 Å². The molecule has 0 fully saturated rings. The van der Waals surface area contributed by atoms with Crippen molar-refractivity contribution in [2.45, 2.75) is 40.0 Å². The van der Waals surface area contributed by atoms with Crippen LogP contribution >= 0.6 is 0 Å². The predicted octanol–water partition coefficient (Wildman–Crippen LogP) is 3.15. The van der Waals surface area contributed by atoms with Gasteiger partial charge in [-0.25, -0.2) is 4.99 Å². The molecule has 2 heteroatoms. The Hall–Kier alpha value is -0.790. The molecule has 0 aromatic heterocycles. The third-order valence-electron chi connectivity index (χ3n) is 2.09. The van der Waals surface area contributed by atoms with Gasteiger partial charge in [0.25, 0.3) is 0 Å². The Morgan fingerprint density at radius 1 is 1.46 bits per heavy atom. The van der Waals surface area contributed by atoms with Gasteiger partial charge in [-0.2, -0.15) is 0 Å². The van der Waals surface area contributed by atoms with E-state index in [1.807, 2.05) is 6.20 Å². The molecule has 0 atom stereocenters. The SMILES string of the molecule is CCC1=CN=C(OCC(C)C)CC1. The lowest BCUT2D eigenvalue weighted by Crippen LogP contribution is -2.12. The molecule has 0 saturated heterocycles. The number of hydrogen-bond acceptors (Lipinski definition) is 2. The molecule has 1 aliphatic heterocycles. The van der Waals surface area contributed by atoms with Gasteiger partial charge in [-0.1, -0.05) is 26.3 Å². The average Bonchev–Trinajstić information content (AvgIpc) is 2.15. The highest BCUT2D eigenvalue weighted by atomic mass is 16.5. The number of allylic oxidation sites excluding steroid dienone is 1. The fourth-order valence-electron chi connectivity index (χ4n) is 1.20. The second kappa shape index (κ2) is 5.05. The summed E-state index contributed by atoms with van der Waals surface area (Å²) in [5.74, 6) is 1.49. The Labute approximate surface area is 80.7 Å². The minimum Gasteiger partial charge on any atom is -0.480 e. The molecule has 0 aliphatic carbocycles. The molecule has 0 spiro atoms. The summed E-state index contributed by atoms with van der Waals surface area (Å²) in [5, 5.41) is 0. The van der Waals surface area contributed by atoms with Crippen LogP contribution in [0.4, 0.5) is 0 Å². The van der Waals surface area contributed by atoms with Gasteiger partial charge in [-0.15, -0.1) is 0 Å². The lowest BCUT2D eigenvalue weighted by Gasteiger charge is -2.14.